The van der Waals surface area contributed by atoms with Crippen molar-refractivity contribution < 1.29 is 9.59 Å². The van der Waals surface area contributed by atoms with E-state index in [2.05, 4.69) is 16.0 Å². The Morgan fingerprint density at radius 1 is 1.18 bits per heavy atom. The molecule has 0 radical (unpaired) electrons. The van der Waals surface area contributed by atoms with E-state index in [9.17, 15) is 9.59 Å². The van der Waals surface area contributed by atoms with Crippen LogP contribution in [-0.4, -0.2) is 24.5 Å². The van der Waals surface area contributed by atoms with Crippen LogP contribution < -0.4 is 21.7 Å². The van der Waals surface area contributed by atoms with E-state index >= 15 is 0 Å². The molecular formula is C15H25ClN4O2. The molecule has 6 nitrogen and oxygen atoms in total. The van der Waals surface area contributed by atoms with Gasteiger partial charge in [0.1, 0.15) is 0 Å². The summed E-state index contributed by atoms with van der Waals surface area (Å²) in [5.74, 6) is -0.110. The maximum Gasteiger partial charge on any atom is 0.319 e. The predicted octanol–water partition coefficient (Wildman–Crippen LogP) is 2.56. The number of nitrogens with one attached hydrogen (secondary N) is 3. The highest BCUT2D eigenvalue weighted by Gasteiger charge is 2.19. The molecule has 3 amide bonds. The number of benzene rings is 1. The van der Waals surface area contributed by atoms with Crippen molar-refractivity contribution in [2.75, 3.05) is 17.2 Å². The molecule has 0 spiro atoms. The van der Waals surface area contributed by atoms with Crippen LogP contribution in [0.5, 0.6) is 0 Å². The van der Waals surface area contributed by atoms with Crippen LogP contribution in [0.1, 0.15) is 27.2 Å². The van der Waals surface area contributed by atoms with Crippen LogP contribution in [0.15, 0.2) is 24.3 Å². The van der Waals surface area contributed by atoms with E-state index in [1.807, 2.05) is 20.8 Å². The van der Waals surface area contributed by atoms with Crippen molar-refractivity contribution in [1.82, 2.24) is 5.32 Å². The number of carbonyl (C=O) groups is 2. The lowest BCUT2D eigenvalue weighted by atomic mass is 9.99. The Kier molecular flexibility index (Phi) is 9.21. The molecular weight excluding hydrogens is 304 g/mol. The highest BCUT2D eigenvalue weighted by atomic mass is 35.5. The van der Waals surface area contributed by atoms with Crippen LogP contribution >= 0.6 is 12.4 Å². The average Bonchev–Trinajstić information content (AvgIpc) is 2.46. The van der Waals surface area contributed by atoms with Gasteiger partial charge < -0.3 is 21.7 Å². The minimum atomic E-state index is -0.546. The summed E-state index contributed by atoms with van der Waals surface area (Å²) in [4.78, 5) is 23.5. The van der Waals surface area contributed by atoms with Gasteiger partial charge >= 0.3 is 6.03 Å². The lowest BCUT2D eigenvalue weighted by molar-refractivity contribution is -0.118. The SMILES string of the molecule is CCNC(=O)Nc1cccc(NC(=O)C(N)C(C)CC)c1.Cl. The van der Waals surface area contributed by atoms with Crippen molar-refractivity contribution >= 4 is 35.7 Å². The second-order valence-corrected chi connectivity index (χ2v) is 4.97. The topological polar surface area (TPSA) is 96.2 Å². The molecule has 0 aliphatic rings. The minimum Gasteiger partial charge on any atom is -0.338 e. The minimum absolute atomic E-state index is 0. The van der Waals surface area contributed by atoms with Crippen molar-refractivity contribution in [2.45, 2.75) is 33.2 Å². The predicted molar refractivity (Wildman–Crippen MR) is 92.4 cm³/mol. The molecule has 0 heterocycles. The Hall–Kier alpha value is -1.79. The molecule has 1 aromatic carbocycles. The Bertz CT molecular complexity index is 496. The third kappa shape index (κ3) is 6.32. The smallest absolute Gasteiger partial charge is 0.319 e. The molecule has 1 aromatic rings. The first-order valence-electron chi connectivity index (χ1n) is 7.19. The monoisotopic (exact) mass is 328 g/mol. The lowest BCUT2D eigenvalue weighted by Crippen LogP contribution is -2.40. The van der Waals surface area contributed by atoms with Crippen LogP contribution in [0.2, 0.25) is 0 Å². The zero-order valence-corrected chi connectivity index (χ0v) is 14.0. The molecule has 7 heteroatoms. The molecule has 124 valence electrons. The summed E-state index contributed by atoms with van der Waals surface area (Å²) in [5, 5.41) is 8.09. The van der Waals surface area contributed by atoms with Crippen LogP contribution in [0, 0.1) is 5.92 Å². The molecule has 0 aliphatic heterocycles. The number of carbonyl (C=O) groups excluding carboxylic acids is 2. The van der Waals surface area contributed by atoms with Crippen molar-refractivity contribution in [1.29, 1.82) is 0 Å². The van der Waals surface area contributed by atoms with E-state index in [0.717, 1.165) is 6.42 Å². The molecule has 0 aromatic heterocycles. The molecule has 0 bridgehead atoms. The first-order chi connectivity index (χ1) is 9.97. The van der Waals surface area contributed by atoms with Crippen molar-refractivity contribution in [3.63, 3.8) is 0 Å². The number of amides is 3. The van der Waals surface area contributed by atoms with E-state index < -0.39 is 6.04 Å². The average molecular weight is 329 g/mol. The van der Waals surface area contributed by atoms with Crippen molar-refractivity contribution in [3.05, 3.63) is 24.3 Å². The van der Waals surface area contributed by atoms with Crippen LogP contribution in [-0.2, 0) is 4.79 Å². The second kappa shape index (κ2) is 10.0. The fourth-order valence-electron chi connectivity index (χ4n) is 1.75. The van der Waals surface area contributed by atoms with Gasteiger partial charge in [0, 0.05) is 17.9 Å². The Morgan fingerprint density at radius 2 is 1.77 bits per heavy atom. The van der Waals surface area contributed by atoms with E-state index in [4.69, 9.17) is 5.73 Å². The maximum atomic E-state index is 12.0. The van der Waals surface area contributed by atoms with Gasteiger partial charge in [0.25, 0.3) is 0 Å². The quantitative estimate of drug-likeness (QED) is 0.646. The molecule has 0 fully saturated rings. The summed E-state index contributed by atoms with van der Waals surface area (Å²) in [6.07, 6.45) is 0.841. The first kappa shape index (κ1) is 20.2. The Morgan fingerprint density at radius 3 is 2.32 bits per heavy atom. The summed E-state index contributed by atoms with van der Waals surface area (Å²) in [6, 6.07) is 6.12. The van der Waals surface area contributed by atoms with E-state index in [-0.39, 0.29) is 30.3 Å². The zero-order chi connectivity index (χ0) is 15.8. The van der Waals surface area contributed by atoms with E-state index in [1.54, 1.807) is 24.3 Å². The highest BCUT2D eigenvalue weighted by molar-refractivity contribution is 5.96. The molecule has 2 atom stereocenters. The number of nitrogens with two attached hydrogens (primary N) is 1. The molecule has 22 heavy (non-hydrogen) atoms. The summed E-state index contributed by atoms with van der Waals surface area (Å²) < 4.78 is 0. The number of halogens is 1. The first-order valence-corrected chi connectivity index (χ1v) is 7.19. The molecule has 0 aliphatic carbocycles. The zero-order valence-electron chi connectivity index (χ0n) is 13.2. The van der Waals surface area contributed by atoms with Gasteiger partial charge in [0.2, 0.25) is 5.91 Å². The van der Waals surface area contributed by atoms with Crippen LogP contribution in [0.4, 0.5) is 16.2 Å². The summed E-state index contributed by atoms with van der Waals surface area (Å²) >= 11 is 0. The van der Waals surface area contributed by atoms with E-state index in [0.29, 0.717) is 17.9 Å². The lowest BCUT2D eigenvalue weighted by Gasteiger charge is -2.18. The van der Waals surface area contributed by atoms with Crippen molar-refractivity contribution in [3.8, 4) is 0 Å². The van der Waals surface area contributed by atoms with Gasteiger partial charge in [0.15, 0.2) is 0 Å². The third-order valence-electron chi connectivity index (χ3n) is 3.29. The normalized spacial score (nSPS) is 12.5. The van der Waals surface area contributed by atoms with Gasteiger partial charge in [-0.3, -0.25) is 4.79 Å². The molecule has 0 saturated carbocycles. The highest BCUT2D eigenvalue weighted by Crippen LogP contribution is 2.16. The van der Waals surface area contributed by atoms with Crippen LogP contribution in [0.3, 0.4) is 0 Å². The number of anilines is 2. The Labute approximate surface area is 137 Å². The summed E-state index contributed by atoms with van der Waals surface area (Å²) in [5.41, 5.74) is 7.10. The number of rotatable bonds is 6. The fraction of sp³-hybridized carbons (Fsp3) is 0.467. The van der Waals surface area contributed by atoms with Crippen molar-refractivity contribution in [2.24, 2.45) is 11.7 Å². The number of urea groups is 1. The van der Waals surface area contributed by atoms with Gasteiger partial charge in [-0.05, 0) is 31.0 Å². The molecule has 1 rings (SSSR count). The molecule has 5 N–H and O–H groups in total. The maximum absolute atomic E-state index is 12.0. The summed E-state index contributed by atoms with van der Waals surface area (Å²) in [7, 11) is 0. The molecule has 0 saturated heterocycles. The van der Waals surface area contributed by atoms with Gasteiger partial charge in [-0.15, -0.1) is 12.4 Å². The largest absolute Gasteiger partial charge is 0.338 e. The van der Waals surface area contributed by atoms with Gasteiger partial charge in [-0.1, -0.05) is 26.3 Å². The fourth-order valence-corrected chi connectivity index (χ4v) is 1.75. The molecule has 2 unspecified atom stereocenters. The standard InChI is InChI=1S/C15H24N4O2.ClH/c1-4-10(3)13(16)14(20)18-11-7-6-8-12(9-11)19-15(21)17-5-2;/h6-10,13H,4-5,16H2,1-3H3,(H,18,20)(H2,17,19,21);1H. The number of hydrogen-bond acceptors (Lipinski definition) is 3. The number of hydrogen-bond donors (Lipinski definition) is 4. The third-order valence-corrected chi connectivity index (χ3v) is 3.29. The van der Waals surface area contributed by atoms with Gasteiger partial charge in [0.05, 0.1) is 6.04 Å². The van der Waals surface area contributed by atoms with E-state index in [1.165, 1.54) is 0 Å². The second-order valence-electron chi connectivity index (χ2n) is 4.97. The van der Waals surface area contributed by atoms with Crippen LogP contribution in [0.25, 0.3) is 0 Å². The van der Waals surface area contributed by atoms with Gasteiger partial charge in [-0.25, -0.2) is 4.79 Å². The summed E-state index contributed by atoms with van der Waals surface area (Å²) in [6.45, 7) is 6.32. The Balaban J connectivity index is 0.00000441. The van der Waals surface area contributed by atoms with Gasteiger partial charge in [-0.2, -0.15) is 0 Å².